The summed E-state index contributed by atoms with van der Waals surface area (Å²) in [7, 11) is 0. The van der Waals surface area contributed by atoms with Crippen LogP contribution in [0.5, 0.6) is 0 Å². The first-order valence-electron chi connectivity index (χ1n) is 3.85. The summed E-state index contributed by atoms with van der Waals surface area (Å²) in [5, 5.41) is 8.40. The van der Waals surface area contributed by atoms with Crippen LogP contribution >= 0.6 is 0 Å². The van der Waals surface area contributed by atoms with Crippen LogP contribution in [0.1, 0.15) is 12.1 Å². The van der Waals surface area contributed by atoms with E-state index in [9.17, 15) is 9.59 Å². The minimum atomic E-state index is -0.915. The molecule has 13 heavy (non-hydrogen) atoms. The molecule has 1 rings (SSSR count). The zero-order chi connectivity index (χ0) is 9.84. The minimum Gasteiger partial charge on any atom is -0.481 e. The molecule has 0 aliphatic rings. The van der Waals surface area contributed by atoms with Gasteiger partial charge in [0.25, 0.3) is 5.56 Å². The van der Waals surface area contributed by atoms with Crippen molar-refractivity contribution >= 4 is 5.97 Å². The van der Waals surface area contributed by atoms with E-state index in [0.29, 0.717) is 5.69 Å². The van der Waals surface area contributed by atoms with Crippen molar-refractivity contribution in [2.24, 2.45) is 0 Å². The fraction of sp³-hybridized carbons (Fsp3) is 0.375. The number of hydrogen-bond acceptors (Lipinski definition) is 3. The van der Waals surface area contributed by atoms with Crippen molar-refractivity contribution in [2.75, 3.05) is 0 Å². The van der Waals surface area contributed by atoms with E-state index in [0.717, 1.165) is 0 Å². The van der Waals surface area contributed by atoms with Crippen LogP contribution in [0.15, 0.2) is 17.2 Å². The molecule has 1 heterocycles. The van der Waals surface area contributed by atoms with E-state index in [1.807, 2.05) is 0 Å². The third-order valence-electron chi connectivity index (χ3n) is 1.65. The molecule has 0 fully saturated rings. The molecular weight excluding hydrogens is 172 g/mol. The Labute approximate surface area is 74.7 Å². The summed E-state index contributed by atoms with van der Waals surface area (Å²) in [6.07, 6.45) is 2.92. The molecule has 0 saturated heterocycles. The number of aromatic nitrogens is 2. The highest BCUT2D eigenvalue weighted by Crippen LogP contribution is 1.88. The number of nitrogens with zero attached hydrogens (tertiary/aromatic N) is 2. The van der Waals surface area contributed by atoms with Crippen molar-refractivity contribution < 1.29 is 9.90 Å². The van der Waals surface area contributed by atoms with Gasteiger partial charge in [0, 0.05) is 18.9 Å². The Morgan fingerprint density at radius 2 is 2.38 bits per heavy atom. The lowest BCUT2D eigenvalue weighted by atomic mass is 10.4. The lowest BCUT2D eigenvalue weighted by Crippen LogP contribution is -2.23. The van der Waals surface area contributed by atoms with Crippen molar-refractivity contribution in [3.05, 3.63) is 28.4 Å². The molecule has 5 nitrogen and oxygen atoms in total. The Morgan fingerprint density at radius 1 is 1.69 bits per heavy atom. The molecular formula is C8H10N2O3. The Hall–Kier alpha value is -1.65. The first-order chi connectivity index (χ1) is 6.11. The molecule has 0 unspecified atom stereocenters. The first-order valence-corrected chi connectivity index (χ1v) is 3.85. The maximum atomic E-state index is 11.3. The predicted molar refractivity (Wildman–Crippen MR) is 45.5 cm³/mol. The molecule has 0 radical (unpaired) electrons. The molecule has 0 aliphatic carbocycles. The van der Waals surface area contributed by atoms with E-state index in [4.69, 9.17) is 5.11 Å². The monoisotopic (exact) mass is 182 g/mol. The van der Waals surface area contributed by atoms with Crippen molar-refractivity contribution in [2.45, 2.75) is 19.9 Å². The average molecular weight is 182 g/mol. The molecule has 5 heteroatoms. The topological polar surface area (TPSA) is 72.2 Å². The van der Waals surface area contributed by atoms with Crippen LogP contribution < -0.4 is 5.56 Å². The number of hydrogen-bond donors (Lipinski definition) is 1. The summed E-state index contributed by atoms with van der Waals surface area (Å²) in [5.41, 5.74) is 0.150. The largest absolute Gasteiger partial charge is 0.481 e. The van der Waals surface area contributed by atoms with Crippen LogP contribution in [0, 0.1) is 6.92 Å². The normalized spacial score (nSPS) is 9.92. The fourth-order valence-electron chi connectivity index (χ4n) is 0.949. The van der Waals surface area contributed by atoms with Crippen LogP contribution in [0.3, 0.4) is 0 Å². The molecule has 0 amide bonds. The highest BCUT2D eigenvalue weighted by Gasteiger charge is 2.01. The van der Waals surface area contributed by atoms with Gasteiger partial charge in [-0.05, 0) is 6.92 Å². The van der Waals surface area contributed by atoms with Crippen LogP contribution in [-0.4, -0.2) is 20.6 Å². The Morgan fingerprint density at radius 3 is 3.00 bits per heavy atom. The lowest BCUT2D eigenvalue weighted by molar-refractivity contribution is -0.137. The third kappa shape index (κ3) is 2.40. The number of aryl methyl sites for hydroxylation is 2. The summed E-state index contributed by atoms with van der Waals surface area (Å²) >= 11 is 0. The van der Waals surface area contributed by atoms with Gasteiger partial charge in [0.1, 0.15) is 5.69 Å². The average Bonchev–Trinajstić information content (AvgIpc) is 2.07. The van der Waals surface area contributed by atoms with Crippen LogP contribution in [-0.2, 0) is 11.3 Å². The molecule has 0 aliphatic heterocycles. The quantitative estimate of drug-likeness (QED) is 0.715. The molecule has 70 valence electrons. The van der Waals surface area contributed by atoms with E-state index >= 15 is 0 Å². The molecule has 0 atom stereocenters. The Bertz CT molecular complexity index is 370. The van der Waals surface area contributed by atoms with Gasteiger partial charge in [-0.1, -0.05) is 0 Å². The van der Waals surface area contributed by atoms with Crippen molar-refractivity contribution in [3.8, 4) is 0 Å². The Balaban J connectivity index is 2.84. The van der Waals surface area contributed by atoms with Gasteiger partial charge in [0.2, 0.25) is 0 Å². The van der Waals surface area contributed by atoms with E-state index < -0.39 is 5.97 Å². The van der Waals surface area contributed by atoms with Crippen molar-refractivity contribution in [1.82, 2.24) is 9.55 Å². The van der Waals surface area contributed by atoms with Gasteiger partial charge in [-0.3, -0.25) is 14.6 Å². The molecule has 1 aromatic rings. The zero-order valence-electron chi connectivity index (χ0n) is 7.23. The molecule has 1 N–H and O–H groups in total. The second-order valence-corrected chi connectivity index (χ2v) is 2.65. The van der Waals surface area contributed by atoms with Crippen LogP contribution in [0.4, 0.5) is 0 Å². The molecule has 0 spiro atoms. The van der Waals surface area contributed by atoms with Crippen LogP contribution in [0.2, 0.25) is 0 Å². The Kier molecular flexibility index (Phi) is 2.79. The SMILES string of the molecule is Cc1nccn(CCC(=O)O)c1=O. The van der Waals surface area contributed by atoms with Crippen molar-refractivity contribution in [1.29, 1.82) is 0 Å². The maximum Gasteiger partial charge on any atom is 0.305 e. The number of rotatable bonds is 3. The highest BCUT2D eigenvalue weighted by molar-refractivity contribution is 5.66. The van der Waals surface area contributed by atoms with E-state index in [1.165, 1.54) is 17.0 Å². The van der Waals surface area contributed by atoms with E-state index in [2.05, 4.69) is 4.98 Å². The second kappa shape index (κ2) is 3.84. The maximum absolute atomic E-state index is 11.3. The standard InChI is InChI=1S/C8H10N2O3/c1-6-8(13)10(5-3-9-6)4-2-7(11)12/h3,5H,2,4H2,1H3,(H,11,12). The molecule has 0 saturated carbocycles. The first kappa shape index (κ1) is 9.44. The summed E-state index contributed by atoms with van der Waals surface area (Å²) in [4.78, 5) is 25.3. The summed E-state index contributed by atoms with van der Waals surface area (Å²) in [6.45, 7) is 1.79. The second-order valence-electron chi connectivity index (χ2n) is 2.65. The van der Waals surface area contributed by atoms with Gasteiger partial charge < -0.3 is 9.67 Å². The van der Waals surface area contributed by atoms with Gasteiger partial charge in [0.15, 0.2) is 0 Å². The number of aliphatic carboxylic acids is 1. The van der Waals surface area contributed by atoms with Gasteiger partial charge >= 0.3 is 5.97 Å². The smallest absolute Gasteiger partial charge is 0.305 e. The van der Waals surface area contributed by atoms with Gasteiger partial charge in [-0.25, -0.2) is 0 Å². The van der Waals surface area contributed by atoms with Gasteiger partial charge in [0.05, 0.1) is 6.42 Å². The van der Waals surface area contributed by atoms with Gasteiger partial charge in [-0.15, -0.1) is 0 Å². The fourth-order valence-corrected chi connectivity index (χ4v) is 0.949. The number of carboxylic acid groups (broad SMARTS) is 1. The summed E-state index contributed by atoms with van der Waals surface area (Å²) in [5.74, 6) is -0.915. The zero-order valence-corrected chi connectivity index (χ0v) is 7.23. The van der Waals surface area contributed by atoms with E-state index in [1.54, 1.807) is 6.92 Å². The molecule has 0 bridgehead atoms. The van der Waals surface area contributed by atoms with E-state index in [-0.39, 0.29) is 18.5 Å². The highest BCUT2D eigenvalue weighted by atomic mass is 16.4. The number of carboxylic acids is 1. The molecule has 1 aromatic heterocycles. The molecule has 0 aromatic carbocycles. The minimum absolute atomic E-state index is 0.0522. The van der Waals surface area contributed by atoms with Crippen LogP contribution in [0.25, 0.3) is 0 Å². The lowest BCUT2D eigenvalue weighted by Gasteiger charge is -2.02. The van der Waals surface area contributed by atoms with Gasteiger partial charge in [-0.2, -0.15) is 0 Å². The summed E-state index contributed by atoms with van der Waals surface area (Å²) in [6, 6.07) is 0. The predicted octanol–water partition coefficient (Wildman–Crippen LogP) is 0.0264. The number of carbonyl (C=O) groups is 1. The third-order valence-corrected chi connectivity index (χ3v) is 1.65. The summed E-state index contributed by atoms with van der Waals surface area (Å²) < 4.78 is 1.34. The van der Waals surface area contributed by atoms with Crippen molar-refractivity contribution in [3.63, 3.8) is 0 Å².